The number of hydrogen-bond acceptors (Lipinski definition) is 8. The summed E-state index contributed by atoms with van der Waals surface area (Å²) in [6.45, 7) is 12.4. The zero-order valence-electron chi connectivity index (χ0n) is 34.5. The summed E-state index contributed by atoms with van der Waals surface area (Å²) in [7, 11) is 1.55. The summed E-state index contributed by atoms with van der Waals surface area (Å²) in [6, 6.07) is 19.0. The van der Waals surface area contributed by atoms with Crippen LogP contribution in [-0.2, 0) is 4.74 Å². The monoisotopic (exact) mass is 776 g/mol. The summed E-state index contributed by atoms with van der Waals surface area (Å²) in [5.74, 6) is 5.35. The van der Waals surface area contributed by atoms with E-state index < -0.39 is 18.1 Å². The number of allylic oxidation sites excluding steroid dienone is 2. The standard InChI is InChI=1S/C49H60O8/c1-31(2)8-7-9-32(3)42-24-25-43-41-23-14-35-30-40(26-28-48(35,4)44(41)27-29-49(42,43)5)57-47(52)56-39-17-12-34(13-18-39)46(51)55-38-21-19-37(20-22-38)54-45(50)33-10-15-36(53-6)16-11-33/h10-23,31-32,35,40-44H,7-9,24-30H2,1-6H3. The van der Waals surface area contributed by atoms with Crippen LogP contribution in [-0.4, -0.2) is 31.3 Å². The lowest BCUT2D eigenvalue weighted by Crippen LogP contribution is -2.52. The van der Waals surface area contributed by atoms with E-state index in [-0.39, 0.29) is 28.6 Å². The van der Waals surface area contributed by atoms with Crippen molar-refractivity contribution in [2.75, 3.05) is 7.11 Å². The zero-order valence-corrected chi connectivity index (χ0v) is 34.5. The highest BCUT2D eigenvalue weighted by atomic mass is 16.7. The van der Waals surface area contributed by atoms with E-state index in [1.165, 1.54) is 44.9 Å². The molecule has 0 bridgehead atoms. The van der Waals surface area contributed by atoms with Crippen LogP contribution in [0.4, 0.5) is 4.79 Å². The zero-order chi connectivity index (χ0) is 40.3. The number of ether oxygens (including phenoxy) is 5. The molecule has 9 atom stereocenters. The molecule has 0 spiro atoms. The second-order valence-corrected chi connectivity index (χ2v) is 18.2. The van der Waals surface area contributed by atoms with Gasteiger partial charge in [-0.15, -0.1) is 0 Å². The summed E-state index contributed by atoms with van der Waals surface area (Å²) in [5.41, 5.74) is 1.33. The van der Waals surface area contributed by atoms with Crippen molar-refractivity contribution in [1.82, 2.24) is 0 Å². The maximum atomic E-state index is 13.0. The van der Waals surface area contributed by atoms with Gasteiger partial charge in [-0.2, -0.15) is 0 Å². The highest BCUT2D eigenvalue weighted by Crippen LogP contribution is 2.67. The van der Waals surface area contributed by atoms with Crippen molar-refractivity contribution in [3.8, 4) is 23.0 Å². The summed E-state index contributed by atoms with van der Waals surface area (Å²) < 4.78 is 27.5. The molecule has 8 heteroatoms. The average Bonchev–Trinajstić information content (AvgIpc) is 3.56. The molecule has 4 aliphatic rings. The Bertz CT molecular complexity index is 1900. The number of carbonyl (C=O) groups excluding carboxylic acids is 3. The Balaban J connectivity index is 0.878. The molecule has 7 rings (SSSR count). The van der Waals surface area contributed by atoms with Gasteiger partial charge in [0.25, 0.3) is 0 Å². The lowest BCUT2D eigenvalue weighted by Gasteiger charge is -2.59. The van der Waals surface area contributed by atoms with E-state index in [9.17, 15) is 14.4 Å². The van der Waals surface area contributed by atoms with Crippen molar-refractivity contribution >= 4 is 18.1 Å². The Morgan fingerprint density at radius 2 is 1.19 bits per heavy atom. The van der Waals surface area contributed by atoms with Crippen LogP contribution in [0.15, 0.2) is 84.9 Å². The lowest BCUT2D eigenvalue weighted by atomic mass is 9.46. The molecule has 304 valence electrons. The van der Waals surface area contributed by atoms with Gasteiger partial charge in [0.05, 0.1) is 18.2 Å². The molecule has 3 saturated carbocycles. The summed E-state index contributed by atoms with van der Waals surface area (Å²) in [6.07, 6.45) is 16.3. The summed E-state index contributed by atoms with van der Waals surface area (Å²) in [5, 5.41) is 0. The maximum Gasteiger partial charge on any atom is 0.514 e. The predicted molar refractivity (Wildman–Crippen MR) is 220 cm³/mol. The van der Waals surface area contributed by atoms with Crippen molar-refractivity contribution in [3.05, 3.63) is 96.1 Å². The van der Waals surface area contributed by atoms with Gasteiger partial charge in [-0.05, 0) is 170 Å². The highest BCUT2D eigenvalue weighted by Gasteiger charge is 2.59. The Labute approximate surface area is 338 Å². The minimum atomic E-state index is -0.725. The topological polar surface area (TPSA) is 97.4 Å². The molecule has 3 aromatic rings. The Kier molecular flexibility index (Phi) is 12.2. The fourth-order valence-electron chi connectivity index (χ4n) is 11.3. The van der Waals surface area contributed by atoms with Gasteiger partial charge in [-0.25, -0.2) is 14.4 Å². The van der Waals surface area contributed by atoms with Crippen molar-refractivity contribution < 1.29 is 38.1 Å². The third-order valence-electron chi connectivity index (χ3n) is 14.4. The van der Waals surface area contributed by atoms with Gasteiger partial charge in [-0.1, -0.05) is 66.0 Å². The van der Waals surface area contributed by atoms with E-state index >= 15 is 0 Å². The van der Waals surface area contributed by atoms with E-state index in [4.69, 9.17) is 23.7 Å². The molecule has 4 aliphatic carbocycles. The summed E-state index contributed by atoms with van der Waals surface area (Å²) in [4.78, 5) is 38.3. The van der Waals surface area contributed by atoms with Crippen molar-refractivity contribution in [2.24, 2.45) is 52.3 Å². The number of rotatable bonds is 12. The van der Waals surface area contributed by atoms with Crippen LogP contribution < -0.4 is 18.9 Å². The molecule has 0 N–H and O–H groups in total. The fourth-order valence-corrected chi connectivity index (χ4v) is 11.3. The van der Waals surface area contributed by atoms with Crippen LogP contribution >= 0.6 is 0 Å². The minimum absolute atomic E-state index is 0.195. The largest absolute Gasteiger partial charge is 0.514 e. The Morgan fingerprint density at radius 3 is 1.79 bits per heavy atom. The number of esters is 2. The van der Waals surface area contributed by atoms with Crippen LogP contribution in [0.1, 0.15) is 120 Å². The van der Waals surface area contributed by atoms with Crippen molar-refractivity contribution in [2.45, 2.75) is 105 Å². The molecule has 0 aliphatic heterocycles. The second kappa shape index (κ2) is 17.1. The van der Waals surface area contributed by atoms with Crippen LogP contribution in [0.25, 0.3) is 0 Å². The SMILES string of the molecule is COc1ccc(C(=O)Oc2ccc(OC(=O)c3ccc(OC(=O)OC4CCC5(C)C(C=CC6C5CCC5(C)C(C(C)CCCC(C)C)CCC65)C4)cc3)cc2)cc1. The first-order valence-electron chi connectivity index (χ1n) is 21.2. The molecular formula is C49H60O8. The van der Waals surface area contributed by atoms with Gasteiger partial charge < -0.3 is 23.7 Å². The molecule has 3 fully saturated rings. The molecule has 0 saturated heterocycles. The molecule has 0 heterocycles. The first-order valence-corrected chi connectivity index (χ1v) is 21.2. The second-order valence-electron chi connectivity index (χ2n) is 18.2. The van der Waals surface area contributed by atoms with E-state index in [0.717, 1.165) is 42.9 Å². The Hall–Kier alpha value is -4.59. The molecule has 8 nitrogen and oxygen atoms in total. The number of methoxy groups -OCH3 is 1. The van der Waals surface area contributed by atoms with Crippen LogP contribution in [0.3, 0.4) is 0 Å². The average molecular weight is 777 g/mol. The molecule has 0 aromatic heterocycles. The van der Waals surface area contributed by atoms with E-state index in [2.05, 4.69) is 46.8 Å². The Morgan fingerprint density at radius 1 is 0.649 bits per heavy atom. The van der Waals surface area contributed by atoms with Gasteiger partial charge in [0.15, 0.2) is 0 Å². The number of fused-ring (bicyclic) bond motifs is 5. The van der Waals surface area contributed by atoms with Crippen LogP contribution in [0.5, 0.6) is 23.0 Å². The highest BCUT2D eigenvalue weighted by molar-refractivity contribution is 5.92. The lowest BCUT2D eigenvalue weighted by molar-refractivity contribution is -0.0852. The molecule has 0 radical (unpaired) electrons. The third-order valence-corrected chi connectivity index (χ3v) is 14.4. The van der Waals surface area contributed by atoms with E-state index in [1.54, 1.807) is 79.9 Å². The number of hydrogen-bond donors (Lipinski definition) is 0. The summed E-state index contributed by atoms with van der Waals surface area (Å²) >= 11 is 0. The third kappa shape index (κ3) is 8.80. The predicted octanol–water partition coefficient (Wildman–Crippen LogP) is 11.9. The van der Waals surface area contributed by atoms with Crippen molar-refractivity contribution in [3.63, 3.8) is 0 Å². The quantitative estimate of drug-likeness (QED) is 0.0776. The van der Waals surface area contributed by atoms with Gasteiger partial charge in [-0.3, -0.25) is 0 Å². The van der Waals surface area contributed by atoms with Crippen LogP contribution in [0, 0.1) is 52.3 Å². The van der Waals surface area contributed by atoms with E-state index in [1.807, 2.05) is 0 Å². The minimum Gasteiger partial charge on any atom is -0.497 e. The first kappa shape index (κ1) is 40.6. The molecule has 3 aromatic carbocycles. The molecular weight excluding hydrogens is 717 g/mol. The molecule has 57 heavy (non-hydrogen) atoms. The molecule has 0 amide bonds. The van der Waals surface area contributed by atoms with Gasteiger partial charge in [0.2, 0.25) is 0 Å². The van der Waals surface area contributed by atoms with Gasteiger partial charge >= 0.3 is 18.1 Å². The molecule has 9 unspecified atom stereocenters. The van der Waals surface area contributed by atoms with Crippen LogP contribution in [0.2, 0.25) is 0 Å². The number of carbonyl (C=O) groups is 3. The normalized spacial score (nSPS) is 29.3. The van der Waals surface area contributed by atoms with Gasteiger partial charge in [0.1, 0.15) is 29.1 Å². The van der Waals surface area contributed by atoms with Crippen molar-refractivity contribution in [1.29, 1.82) is 0 Å². The van der Waals surface area contributed by atoms with E-state index in [0.29, 0.717) is 40.2 Å². The maximum absolute atomic E-state index is 13.0. The number of benzene rings is 3. The smallest absolute Gasteiger partial charge is 0.497 e. The first-order chi connectivity index (χ1) is 27.4. The van der Waals surface area contributed by atoms with Gasteiger partial charge in [0, 0.05) is 0 Å². The fraction of sp³-hybridized carbons (Fsp3) is 0.531.